The van der Waals surface area contributed by atoms with Gasteiger partial charge in [-0.05, 0) is 38.1 Å². The van der Waals surface area contributed by atoms with Crippen molar-refractivity contribution in [2.75, 3.05) is 19.6 Å². The van der Waals surface area contributed by atoms with Crippen molar-refractivity contribution >= 4 is 29.9 Å². The molecule has 0 radical (unpaired) electrons. The summed E-state index contributed by atoms with van der Waals surface area (Å²) in [7, 11) is 0. The Kier molecular flexibility index (Phi) is 8.84. The number of aryl methyl sites for hydroxylation is 1. The third-order valence-electron chi connectivity index (χ3n) is 4.46. The van der Waals surface area contributed by atoms with Crippen molar-refractivity contribution in [2.24, 2.45) is 4.99 Å². The van der Waals surface area contributed by atoms with Crippen LogP contribution < -0.4 is 10.1 Å². The number of likely N-dealkylation sites (tertiary alicyclic amines) is 1. The molecule has 0 spiro atoms. The van der Waals surface area contributed by atoms with E-state index in [1.54, 1.807) is 0 Å². The van der Waals surface area contributed by atoms with E-state index in [1.165, 1.54) is 0 Å². The highest BCUT2D eigenvalue weighted by Gasteiger charge is 2.22. The summed E-state index contributed by atoms with van der Waals surface area (Å²) >= 11 is 0. The number of rotatable bonds is 5. The molecule has 2 heterocycles. The maximum absolute atomic E-state index is 6.09. The van der Waals surface area contributed by atoms with Gasteiger partial charge < -0.3 is 15.0 Å². The van der Waals surface area contributed by atoms with E-state index < -0.39 is 0 Å². The van der Waals surface area contributed by atoms with Crippen LogP contribution in [0.15, 0.2) is 53.5 Å². The SMILES string of the molecule is CCNC(=NCc1cccc(C)n1)N1CCC(Oc2ccccc2)CC1.I. The summed E-state index contributed by atoms with van der Waals surface area (Å²) in [5, 5.41) is 3.41. The van der Waals surface area contributed by atoms with Gasteiger partial charge in [0.2, 0.25) is 0 Å². The molecule has 1 aromatic heterocycles. The molecule has 1 saturated heterocycles. The van der Waals surface area contributed by atoms with Crippen molar-refractivity contribution < 1.29 is 4.74 Å². The maximum Gasteiger partial charge on any atom is 0.194 e. The normalized spacial score (nSPS) is 15.2. The van der Waals surface area contributed by atoms with Gasteiger partial charge in [0.1, 0.15) is 11.9 Å². The molecule has 0 saturated carbocycles. The Morgan fingerprint density at radius 3 is 2.56 bits per heavy atom. The number of ether oxygens (including phenoxy) is 1. The van der Waals surface area contributed by atoms with Gasteiger partial charge in [-0.1, -0.05) is 24.3 Å². The smallest absolute Gasteiger partial charge is 0.194 e. The Balaban J connectivity index is 0.00000261. The lowest BCUT2D eigenvalue weighted by Gasteiger charge is -2.34. The quantitative estimate of drug-likeness (QED) is 0.399. The molecule has 3 rings (SSSR count). The number of piperidine rings is 1. The molecule has 0 unspecified atom stereocenters. The Labute approximate surface area is 179 Å². The van der Waals surface area contributed by atoms with Crippen molar-refractivity contribution in [3.63, 3.8) is 0 Å². The zero-order valence-electron chi connectivity index (χ0n) is 16.1. The molecule has 27 heavy (non-hydrogen) atoms. The molecule has 1 aliphatic rings. The van der Waals surface area contributed by atoms with Crippen molar-refractivity contribution in [1.29, 1.82) is 0 Å². The van der Waals surface area contributed by atoms with Crippen molar-refractivity contribution in [3.05, 3.63) is 59.9 Å². The van der Waals surface area contributed by atoms with Crippen LogP contribution in [0.5, 0.6) is 5.75 Å². The first kappa shape index (κ1) is 21.5. The lowest BCUT2D eigenvalue weighted by atomic mass is 10.1. The minimum Gasteiger partial charge on any atom is -0.490 e. The molecule has 6 heteroatoms. The van der Waals surface area contributed by atoms with E-state index in [2.05, 4.69) is 22.1 Å². The number of hydrogen-bond donors (Lipinski definition) is 1. The molecule has 5 nitrogen and oxygen atoms in total. The molecule has 0 amide bonds. The highest BCUT2D eigenvalue weighted by Crippen LogP contribution is 2.18. The van der Waals surface area contributed by atoms with Crippen LogP contribution in [-0.2, 0) is 6.54 Å². The molecular weight excluding hydrogens is 451 g/mol. The average Bonchev–Trinajstić information content (AvgIpc) is 2.67. The number of para-hydroxylation sites is 1. The van der Waals surface area contributed by atoms with E-state index in [-0.39, 0.29) is 30.1 Å². The van der Waals surface area contributed by atoms with Gasteiger partial charge in [-0.25, -0.2) is 4.99 Å². The Bertz CT molecular complexity index is 715. The van der Waals surface area contributed by atoms with Crippen LogP contribution in [-0.4, -0.2) is 41.6 Å². The van der Waals surface area contributed by atoms with E-state index in [1.807, 2.05) is 55.5 Å². The van der Waals surface area contributed by atoms with Crippen molar-refractivity contribution in [3.8, 4) is 5.75 Å². The van der Waals surface area contributed by atoms with Gasteiger partial charge in [0.05, 0.1) is 12.2 Å². The van der Waals surface area contributed by atoms with Crippen LogP contribution in [0, 0.1) is 6.92 Å². The fraction of sp³-hybridized carbons (Fsp3) is 0.429. The lowest BCUT2D eigenvalue weighted by Crippen LogP contribution is -2.47. The van der Waals surface area contributed by atoms with Crippen molar-refractivity contribution in [1.82, 2.24) is 15.2 Å². The second-order valence-electron chi connectivity index (χ2n) is 6.56. The number of nitrogens with zero attached hydrogens (tertiary/aromatic N) is 3. The molecule has 146 valence electrons. The van der Waals surface area contributed by atoms with Gasteiger partial charge in [0, 0.05) is 38.2 Å². The summed E-state index contributed by atoms with van der Waals surface area (Å²) in [6, 6.07) is 16.2. The zero-order valence-corrected chi connectivity index (χ0v) is 18.4. The predicted molar refractivity (Wildman–Crippen MR) is 121 cm³/mol. The van der Waals surface area contributed by atoms with Crippen LogP contribution in [0.3, 0.4) is 0 Å². The van der Waals surface area contributed by atoms with Crippen LogP contribution in [0.25, 0.3) is 0 Å². The molecule has 2 aromatic rings. The Morgan fingerprint density at radius 2 is 1.89 bits per heavy atom. The fourth-order valence-electron chi connectivity index (χ4n) is 3.15. The highest BCUT2D eigenvalue weighted by molar-refractivity contribution is 14.0. The Morgan fingerprint density at radius 1 is 1.15 bits per heavy atom. The van der Waals surface area contributed by atoms with Gasteiger partial charge in [0.15, 0.2) is 5.96 Å². The number of benzene rings is 1. The van der Waals surface area contributed by atoms with E-state index in [0.717, 1.165) is 55.6 Å². The second kappa shape index (κ2) is 11.1. The minimum atomic E-state index is 0. The largest absolute Gasteiger partial charge is 0.490 e. The molecular formula is C21H29IN4O. The van der Waals surface area contributed by atoms with Crippen molar-refractivity contribution in [2.45, 2.75) is 39.3 Å². The fourth-order valence-corrected chi connectivity index (χ4v) is 3.15. The predicted octanol–water partition coefficient (Wildman–Crippen LogP) is 4.02. The number of guanidine groups is 1. The molecule has 1 N–H and O–H groups in total. The molecule has 0 atom stereocenters. The first-order valence-corrected chi connectivity index (χ1v) is 9.42. The van der Waals surface area contributed by atoms with E-state index >= 15 is 0 Å². The summed E-state index contributed by atoms with van der Waals surface area (Å²) < 4.78 is 6.09. The minimum absolute atomic E-state index is 0. The standard InChI is InChI=1S/C21H28N4O.HI/c1-3-22-21(23-16-18-9-7-8-17(2)24-18)25-14-12-20(13-15-25)26-19-10-5-4-6-11-19;/h4-11,20H,3,12-16H2,1-2H3,(H,22,23);1H. The number of pyridine rings is 1. The first-order chi connectivity index (χ1) is 12.7. The molecule has 1 fully saturated rings. The zero-order chi connectivity index (χ0) is 18.2. The molecule has 1 aromatic carbocycles. The summed E-state index contributed by atoms with van der Waals surface area (Å²) in [5.74, 6) is 1.92. The number of nitrogens with one attached hydrogen (secondary N) is 1. The van der Waals surface area contributed by atoms with Gasteiger partial charge in [0.25, 0.3) is 0 Å². The van der Waals surface area contributed by atoms with Crippen LogP contribution in [0.2, 0.25) is 0 Å². The summed E-state index contributed by atoms with van der Waals surface area (Å²) in [5.41, 5.74) is 2.03. The number of aliphatic imine (C=N–C) groups is 1. The summed E-state index contributed by atoms with van der Waals surface area (Å²) in [6.07, 6.45) is 2.28. The van der Waals surface area contributed by atoms with E-state index in [4.69, 9.17) is 9.73 Å². The van der Waals surface area contributed by atoms with Gasteiger partial charge >= 0.3 is 0 Å². The average molecular weight is 480 g/mol. The van der Waals surface area contributed by atoms with E-state index in [0.29, 0.717) is 6.54 Å². The number of halogens is 1. The van der Waals surface area contributed by atoms with E-state index in [9.17, 15) is 0 Å². The van der Waals surface area contributed by atoms with Gasteiger partial charge in [-0.3, -0.25) is 4.98 Å². The van der Waals surface area contributed by atoms with Crippen LogP contribution >= 0.6 is 24.0 Å². The number of aromatic nitrogens is 1. The maximum atomic E-state index is 6.09. The monoisotopic (exact) mass is 480 g/mol. The Hall–Kier alpha value is -1.83. The van der Waals surface area contributed by atoms with Crippen LogP contribution in [0.1, 0.15) is 31.2 Å². The van der Waals surface area contributed by atoms with Crippen LogP contribution in [0.4, 0.5) is 0 Å². The summed E-state index contributed by atoms with van der Waals surface area (Å²) in [6.45, 7) is 7.47. The van der Waals surface area contributed by atoms with Gasteiger partial charge in [-0.15, -0.1) is 24.0 Å². The number of hydrogen-bond acceptors (Lipinski definition) is 3. The third-order valence-corrected chi connectivity index (χ3v) is 4.46. The molecule has 0 aliphatic carbocycles. The molecule has 0 bridgehead atoms. The summed E-state index contributed by atoms with van der Waals surface area (Å²) in [4.78, 5) is 11.6. The first-order valence-electron chi connectivity index (χ1n) is 9.42. The lowest BCUT2D eigenvalue weighted by molar-refractivity contribution is 0.129. The van der Waals surface area contributed by atoms with Gasteiger partial charge in [-0.2, -0.15) is 0 Å². The highest BCUT2D eigenvalue weighted by atomic mass is 127. The molecule has 1 aliphatic heterocycles. The topological polar surface area (TPSA) is 49.8 Å². The third kappa shape index (κ3) is 6.68. The second-order valence-corrected chi connectivity index (χ2v) is 6.56.